The normalized spacial score (nSPS) is 11.7. The molecule has 4 aromatic heterocycles. The van der Waals surface area contributed by atoms with Crippen LogP contribution in [0, 0.1) is 0 Å². The molecule has 0 spiro atoms. The number of para-hydroxylation sites is 3. The molecule has 6 heteroatoms. The molecule has 0 unspecified atom stereocenters. The number of furan rings is 1. The zero-order valence-corrected chi connectivity index (χ0v) is 35.4. The minimum absolute atomic E-state index is 0.584. The fourth-order valence-corrected chi connectivity index (χ4v) is 10.4. The van der Waals surface area contributed by atoms with Crippen LogP contribution in [0.5, 0.6) is 0 Å². The van der Waals surface area contributed by atoms with Crippen molar-refractivity contribution in [3.05, 3.63) is 194 Å². The van der Waals surface area contributed by atoms with E-state index in [0.29, 0.717) is 17.5 Å². The van der Waals surface area contributed by atoms with Crippen molar-refractivity contribution in [2.45, 2.75) is 13.8 Å². The molecule has 0 aliphatic rings. The molecule has 0 amide bonds. The maximum Gasteiger partial charge on any atom is 0.164 e. The molecule has 13 rings (SSSR count). The summed E-state index contributed by atoms with van der Waals surface area (Å²) >= 11 is 1.87. The van der Waals surface area contributed by atoms with Crippen LogP contribution < -0.4 is 0 Å². The fraction of sp³-hybridized carbons (Fsp3) is 0.0351. The number of hydrogen-bond donors (Lipinski definition) is 0. The van der Waals surface area contributed by atoms with E-state index < -0.39 is 0 Å². The monoisotopic (exact) mass is 826 g/mol. The van der Waals surface area contributed by atoms with Gasteiger partial charge in [-0.05, 0) is 64.9 Å². The molecule has 0 fully saturated rings. The predicted octanol–water partition coefficient (Wildman–Crippen LogP) is 16.1. The lowest BCUT2D eigenvalue weighted by atomic mass is 9.99. The molecule has 0 N–H and O–H groups in total. The van der Waals surface area contributed by atoms with Crippen LogP contribution in [0.3, 0.4) is 0 Å². The van der Waals surface area contributed by atoms with Crippen molar-refractivity contribution in [1.29, 1.82) is 0 Å². The van der Waals surface area contributed by atoms with Crippen molar-refractivity contribution in [1.82, 2.24) is 19.5 Å². The Morgan fingerprint density at radius 2 is 1.05 bits per heavy atom. The lowest BCUT2D eigenvalue weighted by Crippen LogP contribution is -2.01. The first kappa shape index (κ1) is 36.9. The molecule has 63 heavy (non-hydrogen) atoms. The molecule has 5 nitrogen and oxygen atoms in total. The van der Waals surface area contributed by atoms with E-state index in [2.05, 4.69) is 144 Å². The van der Waals surface area contributed by atoms with E-state index in [-0.39, 0.29) is 0 Å². The van der Waals surface area contributed by atoms with Gasteiger partial charge < -0.3 is 8.98 Å². The van der Waals surface area contributed by atoms with Gasteiger partial charge in [0.1, 0.15) is 11.2 Å². The second-order valence-electron chi connectivity index (χ2n) is 15.6. The van der Waals surface area contributed by atoms with Gasteiger partial charge >= 0.3 is 0 Å². The first-order chi connectivity index (χ1) is 31.2. The van der Waals surface area contributed by atoms with E-state index in [9.17, 15) is 0 Å². The number of benzene rings is 9. The molecule has 0 saturated carbocycles. The highest BCUT2D eigenvalue weighted by Crippen LogP contribution is 2.43. The van der Waals surface area contributed by atoms with E-state index in [4.69, 9.17) is 19.4 Å². The quantitative estimate of drug-likeness (QED) is 0.173. The zero-order chi connectivity index (χ0) is 42.0. The summed E-state index contributed by atoms with van der Waals surface area (Å²) in [6, 6.07) is 68.6. The molecule has 0 aliphatic carbocycles. The van der Waals surface area contributed by atoms with Crippen molar-refractivity contribution in [3.63, 3.8) is 0 Å². The van der Waals surface area contributed by atoms with E-state index in [1.165, 1.54) is 52.8 Å². The number of rotatable bonds is 5. The van der Waals surface area contributed by atoms with Gasteiger partial charge in [-0.1, -0.05) is 159 Å². The second-order valence-corrected chi connectivity index (χ2v) is 16.6. The Hall–Kier alpha value is -7.93. The topological polar surface area (TPSA) is 56.7 Å². The third kappa shape index (κ3) is 6.02. The van der Waals surface area contributed by atoms with E-state index in [1.54, 1.807) is 0 Å². The van der Waals surface area contributed by atoms with E-state index in [1.807, 2.05) is 79.8 Å². The molecule has 0 aliphatic heterocycles. The molecular weight excluding hydrogens is 789 g/mol. The van der Waals surface area contributed by atoms with E-state index in [0.717, 1.165) is 55.3 Å². The third-order valence-electron chi connectivity index (χ3n) is 12.0. The minimum atomic E-state index is 0.584. The molecule has 298 valence electrons. The van der Waals surface area contributed by atoms with Crippen molar-refractivity contribution >= 4 is 86.0 Å². The molecule has 4 heterocycles. The Morgan fingerprint density at radius 3 is 1.90 bits per heavy atom. The van der Waals surface area contributed by atoms with Gasteiger partial charge in [0.15, 0.2) is 17.5 Å². The first-order valence-corrected chi connectivity index (χ1v) is 22.2. The highest BCUT2D eigenvalue weighted by atomic mass is 32.1. The SMILES string of the molecule is CC.c1ccc(-c2nc(-c3cccc(-n4c5ccccc5c5cccc(-c6ccc7c(c6)sc6ccc8ccccc8c67)c54)c3)nc(-c3ccc4c(c3)oc3ccccc34)n2)cc1. The number of aromatic nitrogens is 4. The smallest absolute Gasteiger partial charge is 0.164 e. The van der Waals surface area contributed by atoms with Gasteiger partial charge in [0.05, 0.1) is 11.0 Å². The number of thiophene rings is 1. The van der Waals surface area contributed by atoms with Crippen LogP contribution in [0.25, 0.3) is 126 Å². The van der Waals surface area contributed by atoms with Crippen molar-refractivity contribution < 1.29 is 4.42 Å². The summed E-state index contributed by atoms with van der Waals surface area (Å²) in [5.74, 6) is 1.79. The molecule has 0 saturated heterocycles. The fourth-order valence-electron chi connectivity index (χ4n) is 9.23. The third-order valence-corrected chi connectivity index (χ3v) is 13.2. The minimum Gasteiger partial charge on any atom is -0.456 e. The van der Waals surface area contributed by atoms with Crippen LogP contribution in [-0.2, 0) is 0 Å². The summed E-state index contributed by atoms with van der Waals surface area (Å²) in [5.41, 5.74) is 10.0. The van der Waals surface area contributed by atoms with Crippen molar-refractivity contribution in [2.75, 3.05) is 0 Å². The lowest BCUT2D eigenvalue weighted by Gasteiger charge is -2.14. The lowest BCUT2D eigenvalue weighted by molar-refractivity contribution is 0.669. The first-order valence-electron chi connectivity index (χ1n) is 21.4. The van der Waals surface area contributed by atoms with Gasteiger partial charge in [0.25, 0.3) is 0 Å². The molecular formula is C57H38N4OS. The standard InChI is InChI=1S/C55H32N4OS.C2H6/c1-2-13-34(14-3-1)53-56-54(58-55(57-53)37-25-27-43-42-19-7-9-23-47(42)60-48(43)31-37)36-15-10-16-38(30-36)59-46-22-8-6-18-41(46)44-21-11-20-40(52(44)59)35-24-28-45-50(32-35)61-49-29-26-33-12-4-5-17-39(33)51(45)49;1-2/h1-32H;1-2H3. The van der Waals surface area contributed by atoms with Crippen LogP contribution in [0.15, 0.2) is 199 Å². The summed E-state index contributed by atoms with van der Waals surface area (Å²) in [5, 5.41) is 9.76. The number of fused-ring (bicyclic) bond motifs is 11. The van der Waals surface area contributed by atoms with Gasteiger partial charge in [0.2, 0.25) is 0 Å². The average molecular weight is 827 g/mol. The Bertz CT molecular complexity index is 3900. The summed E-state index contributed by atoms with van der Waals surface area (Å²) in [4.78, 5) is 15.3. The maximum absolute atomic E-state index is 6.29. The summed E-state index contributed by atoms with van der Waals surface area (Å²) in [7, 11) is 0. The highest BCUT2D eigenvalue weighted by Gasteiger charge is 2.20. The van der Waals surface area contributed by atoms with Crippen molar-refractivity contribution in [2.24, 2.45) is 0 Å². The molecule has 13 aromatic rings. The van der Waals surface area contributed by atoms with Gasteiger partial charge in [-0.25, -0.2) is 15.0 Å². The summed E-state index contributed by atoms with van der Waals surface area (Å²) in [6.45, 7) is 4.00. The van der Waals surface area contributed by atoms with Crippen LogP contribution in [-0.4, -0.2) is 19.5 Å². The highest BCUT2D eigenvalue weighted by molar-refractivity contribution is 7.26. The average Bonchev–Trinajstić information content (AvgIpc) is 4.04. The Balaban J connectivity index is 0.00000208. The van der Waals surface area contributed by atoms with Crippen LogP contribution >= 0.6 is 11.3 Å². The predicted molar refractivity (Wildman–Crippen MR) is 265 cm³/mol. The van der Waals surface area contributed by atoms with Gasteiger partial charge in [0, 0.05) is 69.7 Å². The van der Waals surface area contributed by atoms with Crippen LogP contribution in [0.4, 0.5) is 0 Å². The Labute approximate surface area is 367 Å². The molecule has 0 atom stereocenters. The Morgan fingerprint density at radius 1 is 0.413 bits per heavy atom. The summed E-state index contributed by atoms with van der Waals surface area (Å²) < 4.78 is 11.3. The molecule has 0 radical (unpaired) electrons. The Kier molecular flexibility index (Phi) is 8.73. The van der Waals surface area contributed by atoms with Crippen molar-refractivity contribution in [3.8, 4) is 51.0 Å². The number of hydrogen-bond acceptors (Lipinski definition) is 5. The molecule has 0 bridgehead atoms. The van der Waals surface area contributed by atoms with Gasteiger partial charge in [-0.3, -0.25) is 0 Å². The molecule has 9 aromatic carbocycles. The van der Waals surface area contributed by atoms with Crippen LogP contribution in [0.2, 0.25) is 0 Å². The van der Waals surface area contributed by atoms with Gasteiger partial charge in [-0.15, -0.1) is 11.3 Å². The van der Waals surface area contributed by atoms with Gasteiger partial charge in [-0.2, -0.15) is 0 Å². The van der Waals surface area contributed by atoms with Crippen LogP contribution in [0.1, 0.15) is 13.8 Å². The largest absolute Gasteiger partial charge is 0.456 e. The number of nitrogens with zero attached hydrogens (tertiary/aromatic N) is 4. The maximum atomic E-state index is 6.29. The van der Waals surface area contributed by atoms with E-state index >= 15 is 0 Å². The zero-order valence-electron chi connectivity index (χ0n) is 34.6. The second kappa shape index (κ2) is 14.9. The summed E-state index contributed by atoms with van der Waals surface area (Å²) in [6.07, 6.45) is 0.